The molecular weight excluding hydrogens is 356 g/mol. The van der Waals surface area contributed by atoms with Crippen LogP contribution in [0.2, 0.25) is 0 Å². The molecule has 0 bridgehead atoms. The van der Waals surface area contributed by atoms with Crippen molar-refractivity contribution in [1.29, 1.82) is 0 Å². The molecule has 8 nitrogen and oxygen atoms in total. The average Bonchev–Trinajstić information content (AvgIpc) is 3.19. The monoisotopic (exact) mass is 378 g/mol. The Morgan fingerprint density at radius 3 is 2.86 bits per heavy atom. The van der Waals surface area contributed by atoms with Crippen molar-refractivity contribution < 1.29 is 4.79 Å². The fourth-order valence-corrected chi connectivity index (χ4v) is 3.67. The molecular formula is C20H22N6O2. The van der Waals surface area contributed by atoms with Crippen LogP contribution in [0.1, 0.15) is 30.1 Å². The molecule has 144 valence electrons. The van der Waals surface area contributed by atoms with E-state index in [1.165, 1.54) is 10.8 Å². The molecule has 28 heavy (non-hydrogen) atoms. The first-order valence-electron chi connectivity index (χ1n) is 9.40. The van der Waals surface area contributed by atoms with Crippen LogP contribution in [-0.2, 0) is 17.9 Å². The number of carbonyl (C=O) groups excluding carboxylic acids is 1. The lowest BCUT2D eigenvalue weighted by atomic mass is 9.97. The molecule has 0 saturated carbocycles. The third-order valence-electron chi connectivity index (χ3n) is 5.05. The molecule has 1 atom stereocenters. The van der Waals surface area contributed by atoms with Crippen LogP contribution in [0.5, 0.6) is 0 Å². The SMILES string of the molecule is O=C(Cn1cccnc1=O)N1CCCC(c2nccn2Cc2cccnc2)C1. The van der Waals surface area contributed by atoms with Gasteiger partial charge in [-0.2, -0.15) is 0 Å². The van der Waals surface area contributed by atoms with Gasteiger partial charge in [-0.05, 0) is 30.5 Å². The number of carbonyl (C=O) groups is 1. The average molecular weight is 378 g/mol. The third kappa shape index (κ3) is 4.00. The molecule has 8 heteroatoms. The second-order valence-electron chi connectivity index (χ2n) is 6.98. The predicted molar refractivity (Wildman–Crippen MR) is 103 cm³/mol. The van der Waals surface area contributed by atoms with Gasteiger partial charge in [0.1, 0.15) is 12.4 Å². The van der Waals surface area contributed by atoms with Gasteiger partial charge in [-0.3, -0.25) is 14.3 Å². The maximum absolute atomic E-state index is 12.7. The number of hydrogen-bond donors (Lipinski definition) is 0. The van der Waals surface area contributed by atoms with Gasteiger partial charge >= 0.3 is 5.69 Å². The number of aromatic nitrogens is 5. The first-order chi connectivity index (χ1) is 13.7. The number of pyridine rings is 1. The molecule has 3 aromatic rings. The second-order valence-corrected chi connectivity index (χ2v) is 6.98. The van der Waals surface area contributed by atoms with Crippen molar-refractivity contribution in [2.75, 3.05) is 13.1 Å². The van der Waals surface area contributed by atoms with E-state index in [0.717, 1.165) is 24.2 Å². The molecule has 0 aliphatic carbocycles. The van der Waals surface area contributed by atoms with Gasteiger partial charge in [0.25, 0.3) is 0 Å². The third-order valence-corrected chi connectivity index (χ3v) is 5.05. The van der Waals surface area contributed by atoms with Crippen LogP contribution in [-0.4, -0.2) is 48.0 Å². The Kier molecular flexibility index (Phi) is 5.27. The van der Waals surface area contributed by atoms with Gasteiger partial charge in [0.15, 0.2) is 0 Å². The molecule has 3 aromatic heterocycles. The highest BCUT2D eigenvalue weighted by atomic mass is 16.2. The largest absolute Gasteiger partial charge is 0.347 e. The molecule has 0 N–H and O–H groups in total. The summed E-state index contributed by atoms with van der Waals surface area (Å²) in [4.78, 5) is 38.8. The van der Waals surface area contributed by atoms with Gasteiger partial charge in [-0.1, -0.05) is 6.07 Å². The lowest BCUT2D eigenvalue weighted by Crippen LogP contribution is -2.42. The van der Waals surface area contributed by atoms with E-state index in [1.54, 1.807) is 18.5 Å². The lowest BCUT2D eigenvalue weighted by molar-refractivity contribution is -0.133. The predicted octanol–water partition coefficient (Wildman–Crippen LogP) is 1.29. The maximum Gasteiger partial charge on any atom is 0.347 e. The smallest absolute Gasteiger partial charge is 0.340 e. The van der Waals surface area contributed by atoms with E-state index in [4.69, 9.17) is 0 Å². The molecule has 4 heterocycles. The molecule has 1 saturated heterocycles. The second kappa shape index (κ2) is 8.16. The van der Waals surface area contributed by atoms with Crippen LogP contribution < -0.4 is 5.69 Å². The fourth-order valence-electron chi connectivity index (χ4n) is 3.67. The highest BCUT2D eigenvalue weighted by Crippen LogP contribution is 2.26. The standard InChI is InChI=1S/C20H22N6O2/c27-18(15-26-10-3-7-23-20(26)28)24-9-2-5-17(14-24)19-22-8-11-25(19)13-16-4-1-6-21-12-16/h1,3-4,6-8,10-12,17H,2,5,9,13-15H2. The summed E-state index contributed by atoms with van der Waals surface area (Å²) in [5.74, 6) is 1.10. The molecule has 1 unspecified atom stereocenters. The normalized spacial score (nSPS) is 16.9. The quantitative estimate of drug-likeness (QED) is 0.668. The maximum atomic E-state index is 12.7. The number of amides is 1. The molecule has 0 radical (unpaired) electrons. The Balaban J connectivity index is 1.46. The number of likely N-dealkylation sites (tertiary alicyclic amines) is 1. The molecule has 1 fully saturated rings. The van der Waals surface area contributed by atoms with E-state index in [2.05, 4.69) is 19.5 Å². The first kappa shape index (κ1) is 18.1. The molecule has 0 aromatic carbocycles. The summed E-state index contributed by atoms with van der Waals surface area (Å²) in [7, 11) is 0. The summed E-state index contributed by atoms with van der Waals surface area (Å²) in [6.45, 7) is 2.04. The Morgan fingerprint density at radius 2 is 2.04 bits per heavy atom. The zero-order valence-corrected chi connectivity index (χ0v) is 15.5. The summed E-state index contributed by atoms with van der Waals surface area (Å²) in [6, 6.07) is 5.62. The van der Waals surface area contributed by atoms with E-state index in [9.17, 15) is 9.59 Å². The summed E-state index contributed by atoms with van der Waals surface area (Å²) in [5, 5.41) is 0. The van der Waals surface area contributed by atoms with Gasteiger partial charge in [-0.25, -0.2) is 14.8 Å². The molecule has 1 aliphatic heterocycles. The fraction of sp³-hybridized carbons (Fsp3) is 0.350. The van der Waals surface area contributed by atoms with E-state index < -0.39 is 5.69 Å². The van der Waals surface area contributed by atoms with E-state index in [0.29, 0.717) is 19.6 Å². The van der Waals surface area contributed by atoms with Crippen LogP contribution in [0, 0.1) is 0 Å². The van der Waals surface area contributed by atoms with Crippen LogP contribution in [0.15, 0.2) is 60.2 Å². The molecule has 1 amide bonds. The van der Waals surface area contributed by atoms with Crippen molar-refractivity contribution in [2.24, 2.45) is 0 Å². The summed E-state index contributed by atoms with van der Waals surface area (Å²) in [6.07, 6.45) is 12.3. The van der Waals surface area contributed by atoms with Crippen LogP contribution in [0.4, 0.5) is 0 Å². The zero-order valence-electron chi connectivity index (χ0n) is 15.5. The minimum absolute atomic E-state index is 0.0174. The summed E-state index contributed by atoms with van der Waals surface area (Å²) in [5.41, 5.74) is 0.706. The Hall–Kier alpha value is -3.29. The van der Waals surface area contributed by atoms with Crippen molar-refractivity contribution in [3.8, 4) is 0 Å². The highest BCUT2D eigenvalue weighted by Gasteiger charge is 2.27. The van der Waals surface area contributed by atoms with Crippen molar-refractivity contribution in [2.45, 2.75) is 31.8 Å². The molecule has 0 spiro atoms. The summed E-state index contributed by atoms with van der Waals surface area (Å²) >= 11 is 0. The van der Waals surface area contributed by atoms with Crippen molar-refractivity contribution in [1.82, 2.24) is 29.0 Å². The number of hydrogen-bond acceptors (Lipinski definition) is 5. The minimum atomic E-state index is -0.406. The van der Waals surface area contributed by atoms with Gasteiger partial charge < -0.3 is 9.47 Å². The van der Waals surface area contributed by atoms with Crippen LogP contribution in [0.3, 0.4) is 0 Å². The van der Waals surface area contributed by atoms with E-state index in [1.807, 2.05) is 35.6 Å². The Morgan fingerprint density at radius 1 is 1.11 bits per heavy atom. The van der Waals surface area contributed by atoms with Gasteiger partial charge in [0.05, 0.1) is 6.54 Å². The Labute approximate surface area is 162 Å². The topological polar surface area (TPSA) is 85.9 Å². The number of imidazole rings is 1. The summed E-state index contributed by atoms with van der Waals surface area (Å²) < 4.78 is 3.47. The van der Waals surface area contributed by atoms with Crippen molar-refractivity contribution in [3.63, 3.8) is 0 Å². The van der Waals surface area contributed by atoms with Crippen LogP contribution in [0.25, 0.3) is 0 Å². The van der Waals surface area contributed by atoms with E-state index in [-0.39, 0.29) is 18.4 Å². The van der Waals surface area contributed by atoms with Crippen molar-refractivity contribution >= 4 is 5.91 Å². The number of nitrogens with zero attached hydrogens (tertiary/aromatic N) is 6. The first-order valence-corrected chi connectivity index (χ1v) is 9.40. The number of rotatable bonds is 5. The van der Waals surface area contributed by atoms with Crippen LogP contribution >= 0.6 is 0 Å². The molecule has 4 rings (SSSR count). The Bertz CT molecular complexity index is 997. The minimum Gasteiger partial charge on any atom is -0.340 e. The highest BCUT2D eigenvalue weighted by molar-refractivity contribution is 5.76. The number of piperidine rings is 1. The van der Waals surface area contributed by atoms with Gasteiger partial charge in [-0.15, -0.1) is 0 Å². The lowest BCUT2D eigenvalue weighted by Gasteiger charge is -2.33. The molecule has 1 aliphatic rings. The van der Waals surface area contributed by atoms with Gasteiger partial charge in [0.2, 0.25) is 5.91 Å². The van der Waals surface area contributed by atoms with Gasteiger partial charge in [0, 0.05) is 56.2 Å². The zero-order chi connectivity index (χ0) is 19.3. The van der Waals surface area contributed by atoms with E-state index >= 15 is 0 Å². The van der Waals surface area contributed by atoms with Crippen molar-refractivity contribution in [3.05, 3.63) is 77.3 Å².